The van der Waals surface area contributed by atoms with Gasteiger partial charge in [-0.1, -0.05) is 18.2 Å². The van der Waals surface area contributed by atoms with Gasteiger partial charge in [0.2, 0.25) is 5.91 Å². The Kier molecular flexibility index (Phi) is 7.44. The number of benzene rings is 2. The number of primary amides is 1. The van der Waals surface area contributed by atoms with Gasteiger partial charge in [-0.05, 0) is 70.6 Å². The smallest absolute Gasteiger partial charge is 0.416 e. The lowest BCUT2D eigenvalue weighted by Gasteiger charge is -2.19. The number of methoxy groups -OCH3 is 1. The standard InChI is InChI=1S/C26H25BrF3N3O3/c1-36-25(35)18-9-7-15(8-10-21(31)34)13-19(18)24-22(27)23-20(6-3-11-32-23)33(24)14-16-4-2-5-17(12-16)26(28,29)30/h2,4-5,7,9,12-13,32H,3,6,8,10-11,14H2,1H3,(H2,31,34). The molecule has 1 amide bonds. The Hall–Kier alpha value is -3.27. The summed E-state index contributed by atoms with van der Waals surface area (Å²) in [6.07, 6.45) is -2.36. The number of hydrogen-bond acceptors (Lipinski definition) is 4. The lowest BCUT2D eigenvalue weighted by molar-refractivity contribution is -0.137. The first kappa shape index (κ1) is 25.8. The molecule has 0 radical (unpaired) electrons. The number of halogens is 4. The average molecular weight is 564 g/mol. The molecule has 36 heavy (non-hydrogen) atoms. The third-order valence-electron chi connectivity index (χ3n) is 6.20. The van der Waals surface area contributed by atoms with Crippen molar-refractivity contribution in [1.82, 2.24) is 4.57 Å². The van der Waals surface area contributed by atoms with E-state index < -0.39 is 23.6 Å². The van der Waals surface area contributed by atoms with Crippen LogP contribution in [0.25, 0.3) is 11.3 Å². The Morgan fingerprint density at radius 1 is 1.17 bits per heavy atom. The number of hydrogen-bond donors (Lipinski definition) is 2. The summed E-state index contributed by atoms with van der Waals surface area (Å²) in [6, 6.07) is 10.4. The number of rotatable bonds is 7. The normalized spacial score (nSPS) is 13.1. The zero-order valence-corrected chi connectivity index (χ0v) is 21.1. The number of esters is 1. The van der Waals surface area contributed by atoms with E-state index >= 15 is 0 Å². The third kappa shape index (κ3) is 5.28. The number of aromatic nitrogens is 1. The van der Waals surface area contributed by atoms with Gasteiger partial charge in [-0.3, -0.25) is 4.79 Å². The van der Waals surface area contributed by atoms with Crippen LogP contribution >= 0.6 is 15.9 Å². The highest BCUT2D eigenvalue weighted by Crippen LogP contribution is 2.44. The Labute approximate surface area is 214 Å². The minimum absolute atomic E-state index is 0.140. The van der Waals surface area contributed by atoms with Crippen molar-refractivity contribution >= 4 is 33.5 Å². The number of aryl methyl sites for hydroxylation is 1. The van der Waals surface area contributed by atoms with Crippen LogP contribution in [0.15, 0.2) is 46.9 Å². The molecule has 0 saturated heterocycles. The van der Waals surface area contributed by atoms with E-state index in [1.807, 2.05) is 10.6 Å². The van der Waals surface area contributed by atoms with Crippen LogP contribution in [0.1, 0.15) is 45.6 Å². The Bertz CT molecular complexity index is 1320. The SMILES string of the molecule is COC(=O)c1ccc(CCC(N)=O)cc1-c1c(Br)c2c(n1Cc1cccc(C(F)(F)F)c1)CCCN2. The van der Waals surface area contributed by atoms with Gasteiger partial charge in [0.15, 0.2) is 0 Å². The number of nitrogens with two attached hydrogens (primary N) is 1. The fourth-order valence-electron chi connectivity index (χ4n) is 4.51. The number of alkyl halides is 3. The maximum atomic E-state index is 13.4. The Balaban J connectivity index is 1.90. The number of carbonyl (C=O) groups excluding carboxylic acids is 2. The van der Waals surface area contributed by atoms with Crippen LogP contribution in [0.4, 0.5) is 18.9 Å². The van der Waals surface area contributed by atoms with E-state index in [0.717, 1.165) is 48.5 Å². The largest absolute Gasteiger partial charge is 0.465 e. The molecular weight excluding hydrogens is 539 g/mol. The minimum Gasteiger partial charge on any atom is -0.465 e. The second-order valence-electron chi connectivity index (χ2n) is 8.64. The molecule has 1 aliphatic rings. The van der Waals surface area contributed by atoms with Crippen molar-refractivity contribution in [3.63, 3.8) is 0 Å². The zero-order chi connectivity index (χ0) is 26.0. The van der Waals surface area contributed by atoms with Crippen LogP contribution in [0.5, 0.6) is 0 Å². The second-order valence-corrected chi connectivity index (χ2v) is 9.43. The van der Waals surface area contributed by atoms with E-state index in [2.05, 4.69) is 21.2 Å². The maximum absolute atomic E-state index is 13.4. The summed E-state index contributed by atoms with van der Waals surface area (Å²) in [5, 5.41) is 3.38. The van der Waals surface area contributed by atoms with Gasteiger partial charge in [-0.25, -0.2) is 4.79 Å². The predicted octanol–water partition coefficient (Wildman–Crippen LogP) is 5.55. The fraction of sp³-hybridized carbons (Fsp3) is 0.308. The molecule has 0 aliphatic carbocycles. The molecule has 1 aliphatic heterocycles. The van der Waals surface area contributed by atoms with E-state index in [1.54, 1.807) is 18.2 Å². The van der Waals surface area contributed by atoms with Gasteiger partial charge in [-0.2, -0.15) is 13.2 Å². The van der Waals surface area contributed by atoms with Gasteiger partial charge in [-0.15, -0.1) is 0 Å². The number of nitrogens with one attached hydrogen (secondary N) is 1. The third-order valence-corrected chi connectivity index (χ3v) is 6.98. The van der Waals surface area contributed by atoms with E-state index in [9.17, 15) is 22.8 Å². The van der Waals surface area contributed by atoms with Gasteiger partial charge in [0.05, 0.1) is 34.1 Å². The summed E-state index contributed by atoms with van der Waals surface area (Å²) in [5.41, 5.74) is 9.16. The van der Waals surface area contributed by atoms with Gasteiger partial charge in [0, 0.05) is 30.8 Å². The Morgan fingerprint density at radius 3 is 2.64 bits per heavy atom. The topological polar surface area (TPSA) is 86.3 Å². The summed E-state index contributed by atoms with van der Waals surface area (Å²) >= 11 is 3.69. The molecule has 2 heterocycles. The molecule has 0 unspecified atom stereocenters. The minimum atomic E-state index is -4.45. The van der Waals surface area contributed by atoms with E-state index in [-0.39, 0.29) is 13.0 Å². The van der Waals surface area contributed by atoms with E-state index in [1.165, 1.54) is 13.2 Å². The van der Waals surface area contributed by atoms with Crippen LogP contribution in [-0.4, -0.2) is 30.1 Å². The molecule has 0 saturated carbocycles. The number of nitrogens with zero attached hydrogens (tertiary/aromatic N) is 1. The molecule has 4 rings (SSSR count). The van der Waals surface area contributed by atoms with Gasteiger partial charge in [0.25, 0.3) is 0 Å². The zero-order valence-electron chi connectivity index (χ0n) is 19.5. The van der Waals surface area contributed by atoms with Crippen LogP contribution in [0, 0.1) is 0 Å². The van der Waals surface area contributed by atoms with E-state index in [4.69, 9.17) is 10.5 Å². The van der Waals surface area contributed by atoms with Gasteiger partial charge < -0.3 is 20.4 Å². The summed E-state index contributed by atoms with van der Waals surface area (Å²) in [6.45, 7) is 0.919. The molecule has 6 nitrogen and oxygen atoms in total. The molecule has 190 valence electrons. The monoisotopic (exact) mass is 563 g/mol. The first-order chi connectivity index (χ1) is 17.1. The van der Waals surface area contributed by atoms with Crippen LogP contribution in [-0.2, 0) is 35.1 Å². The van der Waals surface area contributed by atoms with Crippen molar-refractivity contribution in [3.05, 3.63) is 74.9 Å². The van der Waals surface area contributed by atoms with Gasteiger partial charge in [0.1, 0.15) is 0 Å². The first-order valence-electron chi connectivity index (χ1n) is 11.4. The number of amides is 1. The molecule has 10 heteroatoms. The van der Waals surface area contributed by atoms with Crippen LogP contribution < -0.4 is 11.1 Å². The molecule has 3 N–H and O–H groups in total. The quantitative estimate of drug-likeness (QED) is 0.369. The van der Waals surface area contributed by atoms with Gasteiger partial charge >= 0.3 is 12.1 Å². The molecule has 2 aromatic carbocycles. The van der Waals surface area contributed by atoms with Crippen molar-refractivity contribution in [1.29, 1.82) is 0 Å². The van der Waals surface area contributed by atoms with Crippen molar-refractivity contribution < 1.29 is 27.5 Å². The fourth-order valence-corrected chi connectivity index (χ4v) is 5.30. The summed E-state index contributed by atoms with van der Waals surface area (Å²) in [4.78, 5) is 24.0. The highest BCUT2D eigenvalue weighted by molar-refractivity contribution is 9.10. The van der Waals surface area contributed by atoms with Crippen LogP contribution in [0.2, 0.25) is 0 Å². The molecule has 1 aromatic heterocycles. The highest BCUT2D eigenvalue weighted by Gasteiger charge is 2.31. The van der Waals surface area contributed by atoms with Crippen LogP contribution in [0.3, 0.4) is 0 Å². The number of anilines is 1. The average Bonchev–Trinajstić information content (AvgIpc) is 3.13. The highest BCUT2D eigenvalue weighted by atomic mass is 79.9. The number of ether oxygens (including phenoxy) is 1. The lowest BCUT2D eigenvalue weighted by atomic mass is 9.98. The predicted molar refractivity (Wildman–Crippen MR) is 134 cm³/mol. The molecule has 0 spiro atoms. The maximum Gasteiger partial charge on any atom is 0.416 e. The van der Waals surface area contributed by atoms with Crippen molar-refractivity contribution in [2.45, 2.75) is 38.4 Å². The van der Waals surface area contributed by atoms with E-state index in [0.29, 0.717) is 33.3 Å². The van der Waals surface area contributed by atoms with Crippen molar-refractivity contribution in [3.8, 4) is 11.3 Å². The Morgan fingerprint density at radius 2 is 1.94 bits per heavy atom. The molecule has 0 atom stereocenters. The second kappa shape index (κ2) is 10.4. The van der Waals surface area contributed by atoms with Crippen molar-refractivity contribution in [2.75, 3.05) is 19.0 Å². The number of carbonyl (C=O) groups is 2. The first-order valence-corrected chi connectivity index (χ1v) is 12.2. The summed E-state index contributed by atoms with van der Waals surface area (Å²) < 4.78 is 47.8. The molecule has 3 aromatic rings. The molecule has 0 fully saturated rings. The lowest BCUT2D eigenvalue weighted by Crippen LogP contribution is -2.15. The number of fused-ring (bicyclic) bond motifs is 1. The molecule has 0 bridgehead atoms. The van der Waals surface area contributed by atoms with Crippen molar-refractivity contribution in [2.24, 2.45) is 5.73 Å². The summed E-state index contributed by atoms with van der Waals surface area (Å²) in [7, 11) is 1.29. The molecular formula is C26H25BrF3N3O3. The summed E-state index contributed by atoms with van der Waals surface area (Å²) in [5.74, 6) is -0.988.